The van der Waals surface area contributed by atoms with Gasteiger partial charge in [-0.2, -0.15) is 0 Å². The number of nitrogens with one attached hydrogen (secondary N) is 3. The number of aliphatic imine (C=N–C) groups is 1. The molecule has 0 spiro atoms. The zero-order valence-electron chi connectivity index (χ0n) is 26.0. The van der Waals surface area contributed by atoms with E-state index in [1.807, 2.05) is 44.2 Å². The smallest absolute Gasteiger partial charge is 0.408 e. The molecule has 1 rings (SSSR count). The maximum Gasteiger partial charge on any atom is 0.408 e. The lowest BCUT2D eigenvalue weighted by atomic mass is 10.0. The largest absolute Gasteiger partial charge is 0.445 e. The van der Waals surface area contributed by atoms with Crippen LogP contribution in [0.1, 0.15) is 71.8 Å². The van der Waals surface area contributed by atoms with Crippen LogP contribution < -0.4 is 27.4 Å². The lowest BCUT2D eigenvalue weighted by molar-refractivity contribution is -0.165. The third-order valence-corrected chi connectivity index (χ3v) is 6.00. The molecule has 3 amide bonds. The van der Waals surface area contributed by atoms with Crippen LogP contribution in [0.15, 0.2) is 35.3 Å². The third-order valence-electron chi connectivity index (χ3n) is 6.00. The van der Waals surface area contributed by atoms with E-state index in [9.17, 15) is 14.4 Å². The van der Waals surface area contributed by atoms with Crippen molar-refractivity contribution in [1.29, 1.82) is 0 Å². The number of carbonyl (C=O) groups excluding carboxylic acids is 3. The van der Waals surface area contributed by atoms with E-state index < -0.39 is 42.8 Å². The first-order valence-electron chi connectivity index (χ1n) is 14.9. The van der Waals surface area contributed by atoms with Crippen LogP contribution in [0.5, 0.6) is 0 Å². The van der Waals surface area contributed by atoms with Crippen molar-refractivity contribution in [2.45, 2.75) is 91.2 Å². The molecule has 1 aromatic rings. The van der Waals surface area contributed by atoms with Gasteiger partial charge in [-0.3, -0.25) is 14.6 Å². The fourth-order valence-electron chi connectivity index (χ4n) is 3.67. The van der Waals surface area contributed by atoms with Crippen LogP contribution in [0, 0.1) is 5.92 Å². The summed E-state index contributed by atoms with van der Waals surface area (Å²) in [6.45, 7) is 8.31. The number of guanidine groups is 1. The zero-order chi connectivity index (χ0) is 31.3. The molecule has 0 saturated heterocycles. The molecule has 12 nitrogen and oxygen atoms in total. The fourth-order valence-corrected chi connectivity index (χ4v) is 3.67. The predicted molar refractivity (Wildman–Crippen MR) is 159 cm³/mol. The Morgan fingerprint density at radius 2 is 1.61 bits per heavy atom. The summed E-state index contributed by atoms with van der Waals surface area (Å²) in [5.41, 5.74) is 11.7. The van der Waals surface area contributed by atoms with E-state index in [2.05, 4.69) is 15.6 Å². The molecule has 0 radical (unpaired) electrons. The molecule has 0 fully saturated rings. The van der Waals surface area contributed by atoms with Crippen molar-refractivity contribution in [3.63, 3.8) is 0 Å². The Balaban J connectivity index is 2.85. The van der Waals surface area contributed by atoms with E-state index in [1.165, 1.54) is 0 Å². The predicted octanol–water partition coefficient (Wildman–Crippen LogP) is 2.55. The number of nitrogens with two attached hydrogens (primary N) is 2. The maximum absolute atomic E-state index is 13.1. The lowest BCUT2D eigenvalue weighted by Gasteiger charge is -2.28. The van der Waals surface area contributed by atoms with Gasteiger partial charge in [-0.25, -0.2) is 4.79 Å². The lowest BCUT2D eigenvalue weighted by Crippen LogP contribution is -2.53. The number of unbranched alkanes of at least 4 members (excludes halogenated alkanes) is 2. The van der Waals surface area contributed by atoms with E-state index in [0.717, 1.165) is 31.2 Å². The average Bonchev–Trinajstić information content (AvgIpc) is 2.95. The topological polar surface area (TPSA) is 179 Å². The second-order valence-corrected chi connectivity index (χ2v) is 10.0. The number of hydrogen-bond acceptors (Lipinski definition) is 7. The van der Waals surface area contributed by atoms with Gasteiger partial charge in [0.15, 0.2) is 13.7 Å². The van der Waals surface area contributed by atoms with Gasteiger partial charge in [0.1, 0.15) is 12.6 Å². The first kappa shape index (κ1) is 33.8. The molecule has 0 saturated carbocycles. The minimum Gasteiger partial charge on any atom is -0.445 e. The van der Waals surface area contributed by atoms with Crippen LogP contribution in [-0.4, -0.2) is 68.5 Å². The van der Waals surface area contributed by atoms with E-state index in [0.29, 0.717) is 37.9 Å². The molecule has 1 aromatic carbocycles. The number of ether oxygens (including phenoxy) is 3. The first-order chi connectivity index (χ1) is 20.1. The maximum atomic E-state index is 13.1. The molecular weight excluding hydrogens is 528 g/mol. The molecule has 41 heavy (non-hydrogen) atoms. The van der Waals surface area contributed by atoms with Crippen LogP contribution >= 0.6 is 0 Å². The molecule has 0 bridgehead atoms. The van der Waals surface area contributed by atoms with Crippen molar-refractivity contribution < 1.29 is 30.0 Å². The fraction of sp³-hybridized carbons (Fsp3) is 0.655. The zero-order valence-corrected chi connectivity index (χ0v) is 25.0. The van der Waals surface area contributed by atoms with Gasteiger partial charge in [0.25, 0.3) is 0 Å². The normalized spacial score (nSPS) is 12.8. The van der Waals surface area contributed by atoms with Crippen LogP contribution in [0.2, 0.25) is 1.41 Å². The number of amides is 3. The highest BCUT2D eigenvalue weighted by atomic mass is 16.7. The molecule has 2 atom stereocenters. The highest BCUT2D eigenvalue weighted by molar-refractivity contribution is 5.89. The highest BCUT2D eigenvalue weighted by Crippen LogP contribution is 2.12. The molecule has 0 aliphatic rings. The summed E-state index contributed by atoms with van der Waals surface area (Å²) in [5, 5.41) is 5.93. The Bertz CT molecular complexity index is 938. The summed E-state index contributed by atoms with van der Waals surface area (Å²) in [4.78, 5) is 42.5. The Morgan fingerprint density at radius 1 is 0.976 bits per heavy atom. The molecule has 7 N–H and O–H groups in total. The SMILES string of the molecule is [2H]N(CC(=O)N[C@@H](CCCN=C(N)N)C(OCCCC)OCCCC)C(=O)[C@@H](NC(=O)OCc1ccccc1)C(C)C. The van der Waals surface area contributed by atoms with Crippen molar-refractivity contribution in [1.82, 2.24) is 15.9 Å². The van der Waals surface area contributed by atoms with E-state index in [1.54, 1.807) is 13.8 Å². The monoisotopic (exact) mass is 579 g/mol. The molecular formula is C29H50N6O6. The number of alkyl carbamates (subject to hydrolysis) is 1. The second-order valence-electron chi connectivity index (χ2n) is 10.0. The summed E-state index contributed by atoms with van der Waals surface area (Å²) >= 11 is 0. The molecule has 0 aromatic heterocycles. The molecule has 12 heteroatoms. The van der Waals surface area contributed by atoms with Gasteiger partial charge in [0, 0.05) is 19.8 Å². The summed E-state index contributed by atoms with van der Waals surface area (Å²) in [6, 6.07) is 7.50. The minimum absolute atomic E-state index is 0.0221. The van der Waals surface area contributed by atoms with Crippen molar-refractivity contribution >= 4 is 23.9 Å². The first-order valence-corrected chi connectivity index (χ1v) is 14.4. The average molecular weight is 580 g/mol. The van der Waals surface area contributed by atoms with Crippen LogP contribution in [0.3, 0.4) is 0 Å². The quantitative estimate of drug-likeness (QED) is 0.0638. The van der Waals surface area contributed by atoms with E-state index >= 15 is 0 Å². The number of hydrogen-bond donors (Lipinski definition) is 5. The van der Waals surface area contributed by atoms with Crippen molar-refractivity contribution in [3.8, 4) is 0 Å². The van der Waals surface area contributed by atoms with Crippen LogP contribution in [-0.2, 0) is 30.4 Å². The van der Waals surface area contributed by atoms with Crippen molar-refractivity contribution in [3.05, 3.63) is 35.9 Å². The molecule has 0 unspecified atom stereocenters. The molecule has 0 heterocycles. The summed E-state index contributed by atoms with van der Waals surface area (Å²) in [5.74, 6) is -1.69. The summed E-state index contributed by atoms with van der Waals surface area (Å²) < 4.78 is 25.5. The van der Waals surface area contributed by atoms with Crippen molar-refractivity contribution in [2.75, 3.05) is 26.3 Å². The van der Waals surface area contributed by atoms with Crippen molar-refractivity contribution in [2.24, 2.45) is 22.4 Å². The molecule has 232 valence electrons. The number of rotatable bonds is 21. The number of benzene rings is 1. The van der Waals surface area contributed by atoms with Gasteiger partial charge >= 0.3 is 6.09 Å². The van der Waals surface area contributed by atoms with Gasteiger partial charge in [-0.1, -0.05) is 70.9 Å². The Kier molecular flexibility index (Phi) is 17.6. The van der Waals surface area contributed by atoms with Crippen LogP contribution in [0.4, 0.5) is 4.79 Å². The minimum atomic E-state index is -1.06. The van der Waals surface area contributed by atoms with Gasteiger partial charge in [-0.15, -0.1) is 0 Å². The summed E-state index contributed by atoms with van der Waals surface area (Å²) in [6.07, 6.45) is 3.01. The van der Waals surface area contributed by atoms with Gasteiger partial charge in [0.2, 0.25) is 11.8 Å². The third kappa shape index (κ3) is 16.5. The van der Waals surface area contributed by atoms with Crippen LogP contribution in [0.25, 0.3) is 0 Å². The number of nitrogens with zero attached hydrogens (tertiary/aromatic N) is 1. The summed E-state index contributed by atoms with van der Waals surface area (Å²) in [7, 11) is 0. The van der Waals surface area contributed by atoms with E-state index in [-0.39, 0.29) is 18.5 Å². The van der Waals surface area contributed by atoms with Gasteiger partial charge < -0.3 is 41.6 Å². The Labute approximate surface area is 245 Å². The Morgan fingerprint density at radius 3 is 2.17 bits per heavy atom. The molecule has 0 aliphatic heterocycles. The van der Waals surface area contributed by atoms with Gasteiger partial charge in [0.05, 0.1) is 12.6 Å². The van der Waals surface area contributed by atoms with Gasteiger partial charge in [-0.05, 0) is 37.2 Å². The second kappa shape index (κ2) is 21.4. The standard InChI is InChI=1S/C29H50N6O6/c1-5-7-17-39-27(40-18-8-6-2)23(15-12-16-32-28(30)31)34-24(36)19-33-26(37)25(21(3)4)35-29(38)41-20-22-13-10-9-11-14-22/h9-11,13-14,21,23,25,27H,5-8,12,15-20H2,1-4H3,(H,33,37)(H,34,36)(H,35,38)(H4,30,31,32)/t23-,25-/m0/s1/i/hD. The number of carbonyl (C=O) groups is 3. The molecule has 0 aliphatic carbocycles. The van der Waals surface area contributed by atoms with E-state index in [4.69, 9.17) is 27.1 Å². The Hall–Kier alpha value is -3.38. The highest BCUT2D eigenvalue weighted by Gasteiger charge is 2.27.